The van der Waals surface area contributed by atoms with Crippen molar-refractivity contribution in [2.45, 2.75) is 19.5 Å². The van der Waals surface area contributed by atoms with Gasteiger partial charge < -0.3 is 5.32 Å². The molecule has 0 bridgehead atoms. The number of carbonyl (C=O) groups is 1. The van der Waals surface area contributed by atoms with Gasteiger partial charge in [-0.05, 0) is 30.2 Å². The summed E-state index contributed by atoms with van der Waals surface area (Å²) in [5, 5.41) is 8.23. The molecular weight excluding hydrogens is 338 g/mol. The Kier molecular flexibility index (Phi) is 4.61. The number of hydrogen-bond acceptors (Lipinski definition) is 4. The lowest BCUT2D eigenvalue weighted by molar-refractivity contribution is 0.0939. The Morgan fingerprint density at radius 2 is 1.96 bits per heavy atom. The van der Waals surface area contributed by atoms with Crippen LogP contribution >= 0.6 is 0 Å². The number of nitrogens with zero attached hydrogens (tertiary/aromatic N) is 4. The summed E-state index contributed by atoms with van der Waals surface area (Å²) in [7, 11) is 0. The average molecular weight is 357 g/mol. The Bertz CT molecular complexity index is 1060. The summed E-state index contributed by atoms with van der Waals surface area (Å²) in [4.78, 5) is 21.1. The first-order valence-electron chi connectivity index (χ1n) is 8.77. The highest BCUT2D eigenvalue weighted by molar-refractivity contribution is 5.97. The lowest BCUT2D eigenvalue weighted by Gasteiger charge is -2.13. The average Bonchev–Trinajstić information content (AvgIpc) is 3.11. The van der Waals surface area contributed by atoms with Crippen LogP contribution in [0.25, 0.3) is 11.0 Å². The molecule has 1 aromatic carbocycles. The largest absolute Gasteiger partial charge is 0.345 e. The van der Waals surface area contributed by atoms with Crippen LogP contribution in [0.1, 0.15) is 34.5 Å². The summed E-state index contributed by atoms with van der Waals surface area (Å²) >= 11 is 0. The number of benzene rings is 1. The molecule has 134 valence electrons. The molecule has 1 atom stereocenters. The molecule has 0 radical (unpaired) electrons. The fourth-order valence-electron chi connectivity index (χ4n) is 2.96. The standard InChI is InChI=1S/C21H19N5O/c1-15(17-8-5-9-22-11-17)25-21(27)19-10-18-13-24-26(20(18)23-12-19)14-16-6-3-2-4-7-16/h2-13,15H,14H2,1H3,(H,25,27). The maximum Gasteiger partial charge on any atom is 0.253 e. The van der Waals surface area contributed by atoms with Crippen LogP contribution in [-0.2, 0) is 6.54 Å². The minimum absolute atomic E-state index is 0.136. The lowest BCUT2D eigenvalue weighted by Crippen LogP contribution is -2.26. The van der Waals surface area contributed by atoms with E-state index in [0.29, 0.717) is 12.1 Å². The summed E-state index contributed by atoms with van der Waals surface area (Å²) in [5.74, 6) is -0.170. The molecule has 27 heavy (non-hydrogen) atoms. The molecule has 0 spiro atoms. The van der Waals surface area contributed by atoms with Crippen molar-refractivity contribution >= 4 is 16.9 Å². The van der Waals surface area contributed by atoms with E-state index in [4.69, 9.17) is 0 Å². The van der Waals surface area contributed by atoms with E-state index < -0.39 is 0 Å². The number of rotatable bonds is 5. The Morgan fingerprint density at radius 3 is 2.74 bits per heavy atom. The molecule has 1 unspecified atom stereocenters. The van der Waals surface area contributed by atoms with E-state index in [2.05, 4.69) is 32.5 Å². The number of carbonyl (C=O) groups excluding carboxylic acids is 1. The molecule has 0 saturated carbocycles. The third kappa shape index (κ3) is 3.69. The molecule has 0 fully saturated rings. The van der Waals surface area contributed by atoms with Crippen molar-refractivity contribution in [2.75, 3.05) is 0 Å². The van der Waals surface area contributed by atoms with Gasteiger partial charge in [-0.3, -0.25) is 9.78 Å². The molecule has 3 aromatic heterocycles. The van der Waals surface area contributed by atoms with Gasteiger partial charge >= 0.3 is 0 Å². The predicted molar refractivity (Wildman–Crippen MR) is 103 cm³/mol. The van der Waals surface area contributed by atoms with E-state index in [1.807, 2.05) is 48.0 Å². The minimum atomic E-state index is -0.170. The van der Waals surface area contributed by atoms with Crippen molar-refractivity contribution in [1.82, 2.24) is 25.1 Å². The first kappa shape index (κ1) is 16.9. The van der Waals surface area contributed by atoms with E-state index in [1.165, 1.54) is 0 Å². The number of nitrogens with one attached hydrogen (secondary N) is 1. The van der Waals surface area contributed by atoms with Gasteiger partial charge in [-0.2, -0.15) is 5.10 Å². The Morgan fingerprint density at radius 1 is 1.11 bits per heavy atom. The third-order valence-corrected chi connectivity index (χ3v) is 4.45. The lowest BCUT2D eigenvalue weighted by atomic mass is 10.1. The summed E-state index contributed by atoms with van der Waals surface area (Å²) in [6.07, 6.45) is 6.80. The van der Waals surface area contributed by atoms with Crippen LogP contribution in [0.4, 0.5) is 0 Å². The minimum Gasteiger partial charge on any atom is -0.345 e. The first-order chi connectivity index (χ1) is 13.2. The molecule has 6 nitrogen and oxygen atoms in total. The van der Waals surface area contributed by atoms with E-state index >= 15 is 0 Å². The molecule has 4 rings (SSSR count). The van der Waals surface area contributed by atoms with E-state index in [9.17, 15) is 4.79 Å². The monoisotopic (exact) mass is 357 g/mol. The Balaban J connectivity index is 1.53. The Hall–Kier alpha value is -3.54. The van der Waals surface area contributed by atoms with Crippen molar-refractivity contribution in [3.63, 3.8) is 0 Å². The maximum absolute atomic E-state index is 12.6. The van der Waals surface area contributed by atoms with Gasteiger partial charge in [0.15, 0.2) is 5.65 Å². The van der Waals surface area contributed by atoms with Crippen molar-refractivity contribution in [1.29, 1.82) is 0 Å². The zero-order valence-electron chi connectivity index (χ0n) is 14.9. The fourth-order valence-corrected chi connectivity index (χ4v) is 2.96. The molecule has 3 heterocycles. The molecule has 0 saturated heterocycles. The van der Waals surface area contributed by atoms with Crippen LogP contribution < -0.4 is 5.32 Å². The van der Waals surface area contributed by atoms with Crippen LogP contribution in [0.15, 0.2) is 73.3 Å². The van der Waals surface area contributed by atoms with Gasteiger partial charge in [0.1, 0.15) is 0 Å². The summed E-state index contributed by atoms with van der Waals surface area (Å²) < 4.78 is 1.84. The van der Waals surface area contributed by atoms with Crippen LogP contribution in [0.5, 0.6) is 0 Å². The zero-order valence-corrected chi connectivity index (χ0v) is 14.9. The quantitative estimate of drug-likeness (QED) is 0.594. The molecule has 0 aliphatic heterocycles. The molecule has 6 heteroatoms. The highest BCUT2D eigenvalue weighted by Gasteiger charge is 2.14. The SMILES string of the molecule is CC(NC(=O)c1cnc2c(cnn2Cc2ccccc2)c1)c1cccnc1. The second kappa shape index (κ2) is 7.37. The van der Waals surface area contributed by atoms with Crippen molar-refractivity contribution in [3.8, 4) is 0 Å². The third-order valence-electron chi connectivity index (χ3n) is 4.45. The second-order valence-electron chi connectivity index (χ2n) is 6.41. The van der Waals surface area contributed by atoms with E-state index in [-0.39, 0.29) is 11.9 Å². The first-order valence-corrected chi connectivity index (χ1v) is 8.77. The fraction of sp³-hybridized carbons (Fsp3) is 0.143. The summed E-state index contributed by atoms with van der Waals surface area (Å²) in [6.45, 7) is 2.57. The van der Waals surface area contributed by atoms with Crippen LogP contribution in [-0.4, -0.2) is 25.7 Å². The van der Waals surface area contributed by atoms with E-state index in [0.717, 1.165) is 22.2 Å². The van der Waals surface area contributed by atoms with Gasteiger partial charge in [-0.1, -0.05) is 36.4 Å². The zero-order chi connectivity index (χ0) is 18.6. The molecule has 0 aliphatic carbocycles. The highest BCUT2D eigenvalue weighted by Crippen LogP contribution is 2.16. The smallest absolute Gasteiger partial charge is 0.253 e. The topological polar surface area (TPSA) is 72.7 Å². The molecule has 0 aliphatic rings. The molecule has 1 amide bonds. The normalized spacial score (nSPS) is 12.0. The predicted octanol–water partition coefficient (Wildman–Crippen LogP) is 3.37. The number of aromatic nitrogens is 4. The van der Waals surface area contributed by atoms with Gasteiger partial charge in [0.05, 0.1) is 24.3 Å². The number of amides is 1. The van der Waals surface area contributed by atoms with E-state index in [1.54, 1.807) is 24.8 Å². The van der Waals surface area contributed by atoms with Gasteiger partial charge in [-0.15, -0.1) is 0 Å². The van der Waals surface area contributed by atoms with Crippen LogP contribution in [0.2, 0.25) is 0 Å². The van der Waals surface area contributed by atoms with Gasteiger partial charge in [0.25, 0.3) is 5.91 Å². The van der Waals surface area contributed by atoms with Crippen molar-refractivity contribution < 1.29 is 4.79 Å². The number of fused-ring (bicyclic) bond motifs is 1. The van der Waals surface area contributed by atoms with Crippen LogP contribution in [0, 0.1) is 0 Å². The van der Waals surface area contributed by atoms with Gasteiger partial charge in [-0.25, -0.2) is 9.67 Å². The number of hydrogen-bond donors (Lipinski definition) is 1. The highest BCUT2D eigenvalue weighted by atomic mass is 16.1. The summed E-state index contributed by atoms with van der Waals surface area (Å²) in [6, 6.07) is 15.6. The van der Waals surface area contributed by atoms with Gasteiger partial charge in [0.2, 0.25) is 0 Å². The van der Waals surface area contributed by atoms with Gasteiger partial charge in [0, 0.05) is 24.0 Å². The maximum atomic E-state index is 12.6. The molecule has 4 aromatic rings. The second-order valence-corrected chi connectivity index (χ2v) is 6.41. The van der Waals surface area contributed by atoms with Crippen LogP contribution in [0.3, 0.4) is 0 Å². The number of pyridine rings is 2. The van der Waals surface area contributed by atoms with Crippen molar-refractivity contribution in [2.24, 2.45) is 0 Å². The Labute approximate surface area is 156 Å². The molecular formula is C21H19N5O. The van der Waals surface area contributed by atoms with Crippen molar-refractivity contribution in [3.05, 3.63) is 90.0 Å². The molecule has 1 N–H and O–H groups in total. The summed E-state index contributed by atoms with van der Waals surface area (Å²) in [5.41, 5.74) is 3.38.